The molecule has 0 unspecified atom stereocenters. The highest BCUT2D eigenvalue weighted by atomic mass is 16.5. The van der Waals surface area contributed by atoms with E-state index in [0.29, 0.717) is 19.4 Å². The van der Waals surface area contributed by atoms with Crippen LogP contribution in [0.3, 0.4) is 0 Å². The maximum atomic E-state index is 13.8. The predicted octanol–water partition coefficient (Wildman–Crippen LogP) is 6.12. The lowest BCUT2D eigenvalue weighted by Crippen LogP contribution is -2.69. The van der Waals surface area contributed by atoms with Crippen molar-refractivity contribution in [2.45, 2.75) is 211 Å². The summed E-state index contributed by atoms with van der Waals surface area (Å²) >= 11 is 0. The maximum absolute atomic E-state index is 13.8. The van der Waals surface area contributed by atoms with Gasteiger partial charge in [-0.15, -0.1) is 0 Å². The Balaban J connectivity index is 2.82. The minimum atomic E-state index is -1.55. The molecule has 0 aromatic rings. The largest absolute Gasteiger partial charge is 0.481 e. The van der Waals surface area contributed by atoms with Gasteiger partial charge in [-0.25, -0.2) is 0 Å². The standard InChI is InChI=1S/C40H75N3O9/c1-3-5-7-9-11-13-15-17-19-21-23-25-29-43(35(47)26-24-22-20-18-16-14-12-10-8-6-4-2)40-37(39(51)38(50)32(31-44)52-40)42-34(46)30-41-33(45)27-28-36(48)49/h32,37-40,44,50-51H,3-31H2,1-2H3,(H,41,45)(H,42,46)(H,48,49)/t32-,37+,38-,39-,40-/m1/s1. The smallest absolute Gasteiger partial charge is 0.303 e. The monoisotopic (exact) mass is 742 g/mol. The lowest BCUT2D eigenvalue weighted by atomic mass is 9.94. The van der Waals surface area contributed by atoms with Crippen LogP contribution in [0, 0.1) is 0 Å². The van der Waals surface area contributed by atoms with E-state index >= 15 is 0 Å². The van der Waals surface area contributed by atoms with Crippen molar-refractivity contribution >= 4 is 23.7 Å². The second-order valence-corrected chi connectivity index (χ2v) is 14.8. The summed E-state index contributed by atoms with van der Waals surface area (Å²) in [4.78, 5) is 51.0. The van der Waals surface area contributed by atoms with Crippen molar-refractivity contribution in [3.05, 3.63) is 0 Å². The van der Waals surface area contributed by atoms with Crippen molar-refractivity contribution in [2.24, 2.45) is 0 Å². The normalized spacial score (nSPS) is 20.1. The number of aliphatic hydroxyl groups excluding tert-OH is 3. The molecule has 1 saturated heterocycles. The number of rotatable bonds is 33. The molecule has 0 radical (unpaired) electrons. The second-order valence-electron chi connectivity index (χ2n) is 14.8. The molecule has 1 heterocycles. The third-order valence-electron chi connectivity index (χ3n) is 10.1. The van der Waals surface area contributed by atoms with E-state index in [1.807, 2.05) is 0 Å². The van der Waals surface area contributed by atoms with E-state index in [1.165, 1.54) is 96.3 Å². The molecule has 0 spiro atoms. The molecule has 12 heteroatoms. The van der Waals surface area contributed by atoms with Crippen LogP contribution in [0.2, 0.25) is 0 Å². The van der Waals surface area contributed by atoms with Gasteiger partial charge in [-0.05, 0) is 12.8 Å². The predicted molar refractivity (Wildman–Crippen MR) is 203 cm³/mol. The van der Waals surface area contributed by atoms with Gasteiger partial charge in [0.05, 0.1) is 19.6 Å². The summed E-state index contributed by atoms with van der Waals surface area (Å²) in [5, 5.41) is 45.6. The Morgan fingerprint density at radius 1 is 0.596 bits per heavy atom. The van der Waals surface area contributed by atoms with Crippen LogP contribution in [-0.2, 0) is 23.9 Å². The molecule has 1 aliphatic heterocycles. The first kappa shape index (κ1) is 47.7. The lowest BCUT2D eigenvalue weighted by molar-refractivity contribution is -0.231. The average Bonchev–Trinajstić information content (AvgIpc) is 3.13. The van der Waals surface area contributed by atoms with E-state index < -0.39 is 61.5 Å². The number of aliphatic carboxylic acids is 1. The zero-order valence-electron chi connectivity index (χ0n) is 32.7. The third kappa shape index (κ3) is 22.1. The Hall–Kier alpha value is -2.28. The van der Waals surface area contributed by atoms with Crippen LogP contribution in [-0.4, -0.2) is 99.3 Å². The van der Waals surface area contributed by atoms with Crippen molar-refractivity contribution in [1.29, 1.82) is 0 Å². The summed E-state index contributed by atoms with van der Waals surface area (Å²) < 4.78 is 6.05. The molecular formula is C40H75N3O9. The number of carboxylic acid groups (broad SMARTS) is 1. The molecule has 12 nitrogen and oxygen atoms in total. The van der Waals surface area contributed by atoms with Crippen molar-refractivity contribution in [3.63, 3.8) is 0 Å². The average molecular weight is 742 g/mol. The van der Waals surface area contributed by atoms with E-state index in [1.54, 1.807) is 4.90 Å². The van der Waals surface area contributed by atoms with Crippen LogP contribution in [0.15, 0.2) is 0 Å². The molecule has 5 atom stereocenters. The van der Waals surface area contributed by atoms with Gasteiger partial charge >= 0.3 is 5.97 Å². The summed E-state index contributed by atoms with van der Waals surface area (Å²) in [6.45, 7) is 3.71. The van der Waals surface area contributed by atoms with Gasteiger partial charge in [-0.1, -0.05) is 149 Å². The minimum absolute atomic E-state index is 0.175. The summed E-state index contributed by atoms with van der Waals surface area (Å²) in [6, 6.07) is -1.22. The maximum Gasteiger partial charge on any atom is 0.303 e. The number of unbranched alkanes of at least 4 members (excludes halogenated alkanes) is 21. The fraction of sp³-hybridized carbons (Fsp3) is 0.900. The van der Waals surface area contributed by atoms with Gasteiger partial charge in [-0.2, -0.15) is 0 Å². The van der Waals surface area contributed by atoms with Crippen LogP contribution in [0.25, 0.3) is 0 Å². The number of carboxylic acids is 1. The molecule has 0 aliphatic carbocycles. The van der Waals surface area contributed by atoms with Crippen LogP contribution in [0.4, 0.5) is 0 Å². The van der Waals surface area contributed by atoms with Gasteiger partial charge < -0.3 is 40.7 Å². The highest BCUT2D eigenvalue weighted by Gasteiger charge is 2.48. The van der Waals surface area contributed by atoms with Gasteiger partial charge in [0, 0.05) is 19.4 Å². The molecule has 1 rings (SSSR count). The summed E-state index contributed by atoms with van der Waals surface area (Å²) in [5.74, 6) is -2.63. The Morgan fingerprint density at radius 2 is 1.06 bits per heavy atom. The minimum Gasteiger partial charge on any atom is -0.481 e. The van der Waals surface area contributed by atoms with E-state index in [9.17, 15) is 34.5 Å². The number of aliphatic hydroxyl groups is 3. The Morgan fingerprint density at radius 3 is 1.52 bits per heavy atom. The number of ether oxygens (including phenoxy) is 1. The number of hydrogen-bond acceptors (Lipinski definition) is 8. The molecule has 1 fully saturated rings. The van der Waals surface area contributed by atoms with Crippen molar-refractivity contribution in [1.82, 2.24) is 15.5 Å². The number of hydrogen-bond donors (Lipinski definition) is 6. The van der Waals surface area contributed by atoms with Crippen LogP contribution < -0.4 is 10.6 Å². The molecule has 0 aromatic heterocycles. The van der Waals surface area contributed by atoms with Crippen molar-refractivity contribution < 1.29 is 44.3 Å². The molecule has 1 aliphatic rings. The van der Waals surface area contributed by atoms with E-state index in [2.05, 4.69) is 24.5 Å². The number of carbonyl (C=O) groups excluding carboxylic acids is 3. The molecular weight excluding hydrogens is 666 g/mol. The SMILES string of the molecule is CCCCCCCCCCCCCCN(C(=O)CCCCCCCCCCCCC)[C@@H]1O[C@H](CO)[C@@H](O)[C@H](O)[C@@H]1NC(=O)CNC(=O)CCC(=O)O. The first-order chi connectivity index (χ1) is 25.2. The summed E-state index contributed by atoms with van der Waals surface area (Å²) in [7, 11) is 0. The zero-order valence-corrected chi connectivity index (χ0v) is 32.7. The van der Waals surface area contributed by atoms with E-state index in [4.69, 9.17) is 9.84 Å². The number of amides is 3. The first-order valence-electron chi connectivity index (χ1n) is 20.9. The van der Waals surface area contributed by atoms with Gasteiger partial charge in [0.15, 0.2) is 6.23 Å². The molecule has 0 saturated carbocycles. The Bertz CT molecular complexity index is 953. The molecule has 3 amide bonds. The van der Waals surface area contributed by atoms with Crippen molar-refractivity contribution in [3.8, 4) is 0 Å². The fourth-order valence-corrected chi connectivity index (χ4v) is 6.85. The van der Waals surface area contributed by atoms with Gasteiger partial charge in [0.1, 0.15) is 24.4 Å². The number of nitrogens with one attached hydrogen (secondary N) is 2. The van der Waals surface area contributed by atoms with E-state index in [0.717, 1.165) is 38.5 Å². The Kier molecular flexibility index (Phi) is 28.6. The lowest BCUT2D eigenvalue weighted by Gasteiger charge is -2.47. The zero-order chi connectivity index (χ0) is 38.4. The Labute approximate surface area is 314 Å². The highest BCUT2D eigenvalue weighted by Crippen LogP contribution is 2.26. The third-order valence-corrected chi connectivity index (χ3v) is 10.1. The van der Waals surface area contributed by atoms with Gasteiger partial charge in [0.2, 0.25) is 17.7 Å². The number of nitrogens with zero attached hydrogens (tertiary/aromatic N) is 1. The van der Waals surface area contributed by atoms with Crippen LogP contribution in [0.1, 0.15) is 181 Å². The fourth-order valence-electron chi connectivity index (χ4n) is 6.85. The molecule has 52 heavy (non-hydrogen) atoms. The second kappa shape index (κ2) is 31.1. The topological polar surface area (TPSA) is 186 Å². The summed E-state index contributed by atoms with van der Waals surface area (Å²) in [6.07, 6.45) is 20.8. The van der Waals surface area contributed by atoms with Gasteiger partial charge in [-0.3, -0.25) is 19.2 Å². The first-order valence-corrected chi connectivity index (χ1v) is 20.9. The molecule has 304 valence electrons. The summed E-state index contributed by atoms with van der Waals surface area (Å²) in [5.41, 5.74) is 0. The quantitative estimate of drug-likeness (QED) is 0.0431. The van der Waals surface area contributed by atoms with Crippen molar-refractivity contribution in [2.75, 3.05) is 19.7 Å². The van der Waals surface area contributed by atoms with Crippen LogP contribution >= 0.6 is 0 Å². The van der Waals surface area contributed by atoms with Gasteiger partial charge in [0.25, 0.3) is 0 Å². The molecule has 6 N–H and O–H groups in total. The van der Waals surface area contributed by atoms with Crippen LogP contribution in [0.5, 0.6) is 0 Å². The van der Waals surface area contributed by atoms with E-state index in [-0.39, 0.29) is 25.2 Å². The molecule has 0 bridgehead atoms. The highest BCUT2D eigenvalue weighted by molar-refractivity contribution is 5.86. The molecule has 0 aromatic carbocycles. The number of carbonyl (C=O) groups is 4.